The van der Waals surface area contributed by atoms with Crippen molar-refractivity contribution in [3.8, 4) is 0 Å². The van der Waals surface area contributed by atoms with Crippen LogP contribution in [0, 0.1) is 0 Å². The quantitative estimate of drug-likeness (QED) is 0.318. The molecule has 0 spiro atoms. The lowest BCUT2D eigenvalue weighted by molar-refractivity contribution is -0.206. The van der Waals surface area contributed by atoms with Crippen LogP contribution < -0.4 is 0 Å². The van der Waals surface area contributed by atoms with Gasteiger partial charge in [-0.1, -0.05) is 0 Å². The molecule has 0 aliphatic carbocycles. The SMILES string of the molecule is O=C1O[C@H](CO)[C@@H](O)[C@H](O)[C@@H]1O. The van der Waals surface area contributed by atoms with Gasteiger partial charge in [0, 0.05) is 0 Å². The van der Waals surface area contributed by atoms with E-state index in [4.69, 9.17) is 20.4 Å². The molecule has 4 atom stereocenters. The van der Waals surface area contributed by atoms with Crippen molar-refractivity contribution in [1.29, 1.82) is 0 Å². The van der Waals surface area contributed by atoms with E-state index in [0.29, 0.717) is 0 Å². The van der Waals surface area contributed by atoms with Crippen LogP contribution in [0.1, 0.15) is 0 Å². The third-order valence-electron chi connectivity index (χ3n) is 1.74. The average molecular weight is 178 g/mol. The molecular weight excluding hydrogens is 168 g/mol. The van der Waals surface area contributed by atoms with Gasteiger partial charge < -0.3 is 25.2 Å². The predicted molar refractivity (Wildman–Crippen MR) is 35.0 cm³/mol. The Morgan fingerprint density at radius 1 is 1.25 bits per heavy atom. The molecule has 0 saturated carbocycles. The third-order valence-corrected chi connectivity index (χ3v) is 1.74. The van der Waals surface area contributed by atoms with Crippen LogP contribution in [0.4, 0.5) is 0 Å². The molecule has 1 aliphatic heterocycles. The maximum absolute atomic E-state index is 10.7. The molecule has 1 fully saturated rings. The van der Waals surface area contributed by atoms with Crippen LogP contribution in [0.15, 0.2) is 0 Å². The molecular formula is C6H10O6. The van der Waals surface area contributed by atoms with Crippen molar-refractivity contribution in [1.82, 2.24) is 0 Å². The van der Waals surface area contributed by atoms with Crippen LogP contribution in [-0.2, 0) is 9.53 Å². The van der Waals surface area contributed by atoms with Gasteiger partial charge in [0.05, 0.1) is 6.61 Å². The second kappa shape index (κ2) is 3.36. The first-order valence-corrected chi connectivity index (χ1v) is 3.43. The highest BCUT2D eigenvalue weighted by molar-refractivity contribution is 5.76. The zero-order valence-electron chi connectivity index (χ0n) is 6.12. The Morgan fingerprint density at radius 3 is 2.33 bits per heavy atom. The van der Waals surface area contributed by atoms with Crippen molar-refractivity contribution >= 4 is 5.97 Å². The molecule has 0 aromatic rings. The molecule has 6 heteroatoms. The average Bonchev–Trinajstić information content (AvgIpc) is 2.08. The van der Waals surface area contributed by atoms with Crippen LogP contribution >= 0.6 is 0 Å². The number of hydrogen-bond acceptors (Lipinski definition) is 6. The first-order chi connectivity index (χ1) is 5.57. The van der Waals surface area contributed by atoms with Crippen LogP contribution in [0.2, 0.25) is 0 Å². The van der Waals surface area contributed by atoms with Gasteiger partial charge in [-0.25, -0.2) is 4.79 Å². The summed E-state index contributed by atoms with van der Waals surface area (Å²) in [5, 5.41) is 35.5. The number of aliphatic hydroxyl groups is 4. The normalized spacial score (nSPS) is 42.5. The van der Waals surface area contributed by atoms with Crippen LogP contribution in [0.3, 0.4) is 0 Å². The van der Waals surface area contributed by atoms with Crippen molar-refractivity contribution in [2.24, 2.45) is 0 Å². The fourth-order valence-electron chi connectivity index (χ4n) is 0.980. The highest BCUT2D eigenvalue weighted by Gasteiger charge is 2.43. The Hall–Kier alpha value is -0.690. The molecule has 1 heterocycles. The standard InChI is InChI=1S/C6H10O6/c7-1-2-3(8)4(9)5(10)6(11)12-2/h2-5,7-10H,1H2/t2-,3-,4+,5+/m1/s1. The van der Waals surface area contributed by atoms with E-state index in [2.05, 4.69) is 4.74 Å². The summed E-state index contributed by atoms with van der Waals surface area (Å²) in [4.78, 5) is 10.7. The molecule has 6 nitrogen and oxygen atoms in total. The summed E-state index contributed by atoms with van der Waals surface area (Å²) in [6.07, 6.45) is -5.93. The molecule has 0 unspecified atom stereocenters. The van der Waals surface area contributed by atoms with E-state index in [1.54, 1.807) is 0 Å². The van der Waals surface area contributed by atoms with E-state index >= 15 is 0 Å². The molecule has 12 heavy (non-hydrogen) atoms. The van der Waals surface area contributed by atoms with E-state index in [9.17, 15) is 4.79 Å². The summed E-state index contributed by atoms with van der Waals surface area (Å²) in [5.41, 5.74) is 0. The Labute approximate surface area is 68.0 Å². The Morgan fingerprint density at radius 2 is 1.83 bits per heavy atom. The van der Waals surface area contributed by atoms with Gasteiger partial charge in [0.15, 0.2) is 12.2 Å². The summed E-state index contributed by atoms with van der Waals surface area (Å²) in [7, 11) is 0. The summed E-state index contributed by atoms with van der Waals surface area (Å²) in [6, 6.07) is 0. The number of cyclic esters (lactones) is 1. The fraction of sp³-hybridized carbons (Fsp3) is 0.833. The minimum absolute atomic E-state index is 0.587. The van der Waals surface area contributed by atoms with Crippen molar-refractivity contribution < 1.29 is 30.0 Å². The maximum Gasteiger partial charge on any atom is 0.338 e. The number of carbonyl (C=O) groups excluding carboxylic acids is 1. The third kappa shape index (κ3) is 1.42. The summed E-state index contributed by atoms with van der Waals surface area (Å²) in [6.45, 7) is -0.587. The molecule has 0 amide bonds. The Balaban J connectivity index is 2.70. The maximum atomic E-state index is 10.7. The second-order valence-electron chi connectivity index (χ2n) is 2.58. The van der Waals surface area contributed by atoms with Gasteiger partial charge in [-0.15, -0.1) is 0 Å². The summed E-state index contributed by atoms with van der Waals surface area (Å²) < 4.78 is 4.38. The number of rotatable bonds is 1. The first-order valence-electron chi connectivity index (χ1n) is 3.43. The lowest BCUT2D eigenvalue weighted by Gasteiger charge is -2.32. The first kappa shape index (κ1) is 9.40. The van der Waals surface area contributed by atoms with E-state index in [-0.39, 0.29) is 0 Å². The zero-order chi connectivity index (χ0) is 9.30. The molecule has 1 rings (SSSR count). The lowest BCUT2D eigenvalue weighted by Crippen LogP contribution is -2.56. The summed E-state index contributed by atoms with van der Waals surface area (Å²) >= 11 is 0. The topological polar surface area (TPSA) is 107 Å². The Kier molecular flexibility index (Phi) is 2.63. The van der Waals surface area contributed by atoms with Gasteiger partial charge in [-0.3, -0.25) is 0 Å². The van der Waals surface area contributed by atoms with E-state index in [0.717, 1.165) is 0 Å². The molecule has 70 valence electrons. The monoisotopic (exact) mass is 178 g/mol. The molecule has 1 aliphatic rings. The largest absolute Gasteiger partial charge is 0.455 e. The van der Waals surface area contributed by atoms with Gasteiger partial charge in [0.25, 0.3) is 0 Å². The van der Waals surface area contributed by atoms with Gasteiger partial charge >= 0.3 is 5.97 Å². The lowest BCUT2D eigenvalue weighted by atomic mass is 10.0. The molecule has 1 saturated heterocycles. The number of ether oxygens (including phenoxy) is 1. The second-order valence-corrected chi connectivity index (χ2v) is 2.58. The van der Waals surface area contributed by atoms with Crippen molar-refractivity contribution in [3.63, 3.8) is 0 Å². The predicted octanol–water partition coefficient (Wildman–Crippen LogP) is -3.01. The fourth-order valence-corrected chi connectivity index (χ4v) is 0.980. The van der Waals surface area contributed by atoms with Gasteiger partial charge in [0.1, 0.15) is 12.2 Å². The van der Waals surface area contributed by atoms with Crippen molar-refractivity contribution in [2.75, 3.05) is 6.61 Å². The molecule has 0 bridgehead atoms. The number of hydrogen-bond donors (Lipinski definition) is 4. The number of carbonyl (C=O) groups is 1. The smallest absolute Gasteiger partial charge is 0.338 e. The molecule has 0 radical (unpaired) electrons. The Bertz CT molecular complexity index is 179. The van der Waals surface area contributed by atoms with Crippen LogP contribution in [0.5, 0.6) is 0 Å². The van der Waals surface area contributed by atoms with Crippen LogP contribution in [-0.4, -0.2) is 57.4 Å². The van der Waals surface area contributed by atoms with Gasteiger partial charge in [-0.2, -0.15) is 0 Å². The number of aliphatic hydroxyl groups excluding tert-OH is 4. The molecule has 4 N–H and O–H groups in total. The van der Waals surface area contributed by atoms with Crippen molar-refractivity contribution in [3.05, 3.63) is 0 Å². The van der Waals surface area contributed by atoms with E-state index in [1.807, 2.05) is 0 Å². The number of esters is 1. The van der Waals surface area contributed by atoms with Crippen LogP contribution in [0.25, 0.3) is 0 Å². The van der Waals surface area contributed by atoms with Crippen molar-refractivity contribution in [2.45, 2.75) is 24.4 Å². The highest BCUT2D eigenvalue weighted by atomic mass is 16.6. The van der Waals surface area contributed by atoms with Gasteiger partial charge in [-0.05, 0) is 0 Å². The van der Waals surface area contributed by atoms with E-state index in [1.165, 1.54) is 0 Å². The summed E-state index contributed by atoms with van der Waals surface area (Å²) in [5.74, 6) is -1.04. The minimum atomic E-state index is -1.73. The molecule has 0 aromatic carbocycles. The zero-order valence-corrected chi connectivity index (χ0v) is 6.12. The van der Waals surface area contributed by atoms with E-state index < -0.39 is 37.0 Å². The minimum Gasteiger partial charge on any atom is -0.455 e. The molecule has 0 aromatic heterocycles. The van der Waals surface area contributed by atoms with Gasteiger partial charge in [0.2, 0.25) is 0 Å². The highest BCUT2D eigenvalue weighted by Crippen LogP contribution is 2.15.